The molecule has 2 N–H and O–H groups in total. The molecule has 0 atom stereocenters. The van der Waals surface area contributed by atoms with Crippen LogP contribution in [0.1, 0.15) is 32.3 Å². The highest BCUT2D eigenvalue weighted by Crippen LogP contribution is 2.23. The van der Waals surface area contributed by atoms with Gasteiger partial charge in [0, 0.05) is 11.7 Å². The van der Waals surface area contributed by atoms with Gasteiger partial charge in [-0.1, -0.05) is 0 Å². The third-order valence-corrected chi connectivity index (χ3v) is 2.95. The van der Waals surface area contributed by atoms with Crippen molar-refractivity contribution < 1.29 is 9.53 Å². The Morgan fingerprint density at radius 3 is 2.74 bits per heavy atom. The maximum Gasteiger partial charge on any atom is 0.238 e. The Labute approximate surface area is 114 Å². The van der Waals surface area contributed by atoms with Crippen LogP contribution in [0.15, 0.2) is 18.2 Å². The first kappa shape index (κ1) is 13.9. The van der Waals surface area contributed by atoms with Crippen LogP contribution in [0.2, 0.25) is 0 Å². The molecule has 0 aromatic heterocycles. The Kier molecular flexibility index (Phi) is 4.43. The van der Waals surface area contributed by atoms with Crippen molar-refractivity contribution in [3.8, 4) is 5.75 Å². The van der Waals surface area contributed by atoms with Gasteiger partial charge in [-0.15, -0.1) is 0 Å². The van der Waals surface area contributed by atoms with Gasteiger partial charge >= 0.3 is 0 Å². The normalized spacial score (nSPS) is 14.5. The molecule has 2 rings (SSSR count). The van der Waals surface area contributed by atoms with Crippen molar-refractivity contribution in [1.82, 2.24) is 5.32 Å². The van der Waals surface area contributed by atoms with Gasteiger partial charge in [-0.05, 0) is 57.4 Å². The van der Waals surface area contributed by atoms with E-state index in [-0.39, 0.29) is 12.0 Å². The number of amides is 1. The third-order valence-electron chi connectivity index (χ3n) is 2.95. The zero-order valence-electron chi connectivity index (χ0n) is 11.8. The summed E-state index contributed by atoms with van der Waals surface area (Å²) in [6.07, 6.45) is 2.53. The molecule has 0 spiro atoms. The minimum absolute atomic E-state index is 0.00354. The Morgan fingerprint density at radius 1 is 1.42 bits per heavy atom. The minimum atomic E-state index is 0.00354. The SMILES string of the molecule is Cc1cc(NC(=O)CNC2CC2)ccc1OC(C)C. The molecule has 1 aliphatic rings. The van der Waals surface area contributed by atoms with E-state index in [4.69, 9.17) is 4.74 Å². The predicted molar refractivity (Wildman–Crippen MR) is 76.6 cm³/mol. The van der Waals surface area contributed by atoms with E-state index in [2.05, 4.69) is 10.6 Å². The molecule has 0 bridgehead atoms. The highest BCUT2D eigenvalue weighted by atomic mass is 16.5. The average molecular weight is 262 g/mol. The predicted octanol–water partition coefficient (Wildman–Crippen LogP) is 2.47. The van der Waals surface area contributed by atoms with E-state index in [1.807, 2.05) is 39.0 Å². The zero-order chi connectivity index (χ0) is 13.8. The van der Waals surface area contributed by atoms with E-state index in [0.29, 0.717) is 12.6 Å². The number of anilines is 1. The Balaban J connectivity index is 1.89. The maximum absolute atomic E-state index is 11.7. The lowest BCUT2D eigenvalue weighted by Gasteiger charge is -2.14. The van der Waals surface area contributed by atoms with Crippen LogP contribution in [-0.2, 0) is 4.79 Å². The summed E-state index contributed by atoms with van der Waals surface area (Å²) < 4.78 is 5.67. The van der Waals surface area contributed by atoms with Crippen molar-refractivity contribution in [2.24, 2.45) is 0 Å². The molecule has 4 nitrogen and oxygen atoms in total. The molecule has 1 saturated carbocycles. The summed E-state index contributed by atoms with van der Waals surface area (Å²) in [5.41, 5.74) is 1.85. The van der Waals surface area contributed by atoms with Gasteiger partial charge in [0.15, 0.2) is 0 Å². The van der Waals surface area contributed by atoms with Crippen LogP contribution >= 0.6 is 0 Å². The van der Waals surface area contributed by atoms with Crippen LogP contribution in [0.25, 0.3) is 0 Å². The second-order valence-electron chi connectivity index (χ2n) is 5.35. The fourth-order valence-electron chi connectivity index (χ4n) is 1.84. The lowest BCUT2D eigenvalue weighted by atomic mass is 10.2. The first-order valence-electron chi connectivity index (χ1n) is 6.85. The summed E-state index contributed by atoms with van der Waals surface area (Å²) in [6.45, 7) is 6.36. The standard InChI is InChI=1S/C15H22N2O2/c1-10(2)19-14-7-6-13(8-11(14)3)17-15(18)9-16-12-4-5-12/h6-8,10,12,16H,4-5,9H2,1-3H3,(H,17,18). The van der Waals surface area contributed by atoms with Gasteiger partial charge in [-0.25, -0.2) is 0 Å². The number of ether oxygens (including phenoxy) is 1. The monoisotopic (exact) mass is 262 g/mol. The van der Waals surface area contributed by atoms with Crippen LogP contribution in [0.5, 0.6) is 5.75 Å². The summed E-state index contributed by atoms with van der Waals surface area (Å²) in [6, 6.07) is 6.26. The molecule has 1 amide bonds. The molecule has 0 saturated heterocycles. The number of carbonyl (C=O) groups is 1. The van der Waals surface area contributed by atoms with Gasteiger partial charge in [0.05, 0.1) is 12.6 Å². The molecular weight excluding hydrogens is 240 g/mol. The van der Waals surface area contributed by atoms with E-state index >= 15 is 0 Å². The topological polar surface area (TPSA) is 50.4 Å². The van der Waals surface area contributed by atoms with E-state index in [9.17, 15) is 4.79 Å². The van der Waals surface area contributed by atoms with Gasteiger partial charge in [-0.2, -0.15) is 0 Å². The Hall–Kier alpha value is -1.55. The molecule has 0 heterocycles. The highest BCUT2D eigenvalue weighted by Gasteiger charge is 2.21. The molecule has 0 radical (unpaired) electrons. The first-order valence-corrected chi connectivity index (χ1v) is 6.85. The molecular formula is C15H22N2O2. The Morgan fingerprint density at radius 2 is 2.16 bits per heavy atom. The first-order chi connectivity index (χ1) is 9.04. The summed E-state index contributed by atoms with van der Waals surface area (Å²) in [5, 5.41) is 6.08. The van der Waals surface area contributed by atoms with Crippen LogP contribution in [0.3, 0.4) is 0 Å². The molecule has 1 aromatic carbocycles. The summed E-state index contributed by atoms with van der Waals surface area (Å²) in [5.74, 6) is 0.868. The number of aryl methyl sites for hydroxylation is 1. The molecule has 1 fully saturated rings. The highest BCUT2D eigenvalue weighted by molar-refractivity contribution is 5.92. The molecule has 0 unspecified atom stereocenters. The van der Waals surface area contributed by atoms with Gasteiger partial charge in [0.2, 0.25) is 5.91 Å². The van der Waals surface area contributed by atoms with Crippen molar-refractivity contribution in [3.63, 3.8) is 0 Å². The van der Waals surface area contributed by atoms with Gasteiger partial charge in [0.25, 0.3) is 0 Å². The van der Waals surface area contributed by atoms with Crippen LogP contribution in [0.4, 0.5) is 5.69 Å². The lowest BCUT2D eigenvalue weighted by Crippen LogP contribution is -2.29. The van der Waals surface area contributed by atoms with E-state index in [1.165, 1.54) is 12.8 Å². The summed E-state index contributed by atoms with van der Waals surface area (Å²) in [7, 11) is 0. The number of benzene rings is 1. The molecule has 1 aliphatic carbocycles. The fraction of sp³-hybridized carbons (Fsp3) is 0.533. The number of hydrogen-bond donors (Lipinski definition) is 2. The van der Waals surface area contributed by atoms with Crippen molar-refractivity contribution in [1.29, 1.82) is 0 Å². The third kappa shape index (κ3) is 4.56. The second kappa shape index (κ2) is 6.06. The van der Waals surface area contributed by atoms with Gasteiger partial charge in [-0.3, -0.25) is 4.79 Å². The van der Waals surface area contributed by atoms with Crippen LogP contribution < -0.4 is 15.4 Å². The average Bonchev–Trinajstić information content (AvgIpc) is 3.13. The minimum Gasteiger partial charge on any atom is -0.491 e. The molecule has 104 valence electrons. The van der Waals surface area contributed by atoms with Crippen molar-refractivity contribution in [2.75, 3.05) is 11.9 Å². The van der Waals surface area contributed by atoms with Crippen LogP contribution in [-0.4, -0.2) is 24.6 Å². The zero-order valence-corrected chi connectivity index (χ0v) is 11.8. The van der Waals surface area contributed by atoms with Crippen molar-refractivity contribution >= 4 is 11.6 Å². The number of nitrogens with one attached hydrogen (secondary N) is 2. The fourth-order valence-corrected chi connectivity index (χ4v) is 1.84. The van der Waals surface area contributed by atoms with Gasteiger partial charge in [0.1, 0.15) is 5.75 Å². The Bertz CT molecular complexity index is 453. The molecule has 1 aromatic rings. The van der Waals surface area contributed by atoms with Gasteiger partial charge < -0.3 is 15.4 Å². The maximum atomic E-state index is 11.7. The summed E-state index contributed by atoms with van der Waals surface area (Å²) in [4.78, 5) is 11.7. The van der Waals surface area contributed by atoms with E-state index in [1.54, 1.807) is 0 Å². The van der Waals surface area contributed by atoms with Crippen LogP contribution in [0, 0.1) is 6.92 Å². The van der Waals surface area contributed by atoms with Crippen molar-refractivity contribution in [2.45, 2.75) is 45.8 Å². The van der Waals surface area contributed by atoms with E-state index < -0.39 is 0 Å². The quantitative estimate of drug-likeness (QED) is 0.828. The number of rotatable bonds is 6. The largest absolute Gasteiger partial charge is 0.491 e. The second-order valence-corrected chi connectivity index (χ2v) is 5.35. The molecule has 19 heavy (non-hydrogen) atoms. The number of carbonyl (C=O) groups excluding carboxylic acids is 1. The molecule has 4 heteroatoms. The summed E-state index contributed by atoms with van der Waals surface area (Å²) >= 11 is 0. The lowest BCUT2D eigenvalue weighted by molar-refractivity contribution is -0.115. The number of hydrogen-bond acceptors (Lipinski definition) is 3. The van der Waals surface area contributed by atoms with E-state index in [0.717, 1.165) is 17.0 Å². The smallest absolute Gasteiger partial charge is 0.238 e. The molecule has 0 aliphatic heterocycles. The van der Waals surface area contributed by atoms with Crippen molar-refractivity contribution in [3.05, 3.63) is 23.8 Å².